The first-order chi connectivity index (χ1) is 12.1. The van der Waals surface area contributed by atoms with E-state index >= 15 is 0 Å². The zero-order valence-corrected chi connectivity index (χ0v) is 14.8. The number of hydrogen-bond acceptors (Lipinski definition) is 2. The van der Waals surface area contributed by atoms with Gasteiger partial charge in [-0.1, -0.05) is 35.9 Å². The van der Waals surface area contributed by atoms with Gasteiger partial charge in [0.1, 0.15) is 5.82 Å². The summed E-state index contributed by atoms with van der Waals surface area (Å²) in [5.74, 6) is 1.21. The zero-order chi connectivity index (χ0) is 17.4. The second-order valence-corrected chi connectivity index (χ2v) is 7.11. The predicted molar refractivity (Wildman–Crippen MR) is 99.6 cm³/mol. The van der Waals surface area contributed by atoms with Gasteiger partial charge in [-0.25, -0.2) is 4.98 Å². The van der Waals surface area contributed by atoms with E-state index in [0.717, 1.165) is 40.3 Å². The van der Waals surface area contributed by atoms with E-state index in [1.807, 2.05) is 49.4 Å². The number of carbonyl (C=O) groups excluding carboxylic acids is 1. The second-order valence-electron chi connectivity index (χ2n) is 6.68. The maximum atomic E-state index is 12.1. The minimum Gasteiger partial charge on any atom is -0.346 e. The normalized spacial score (nSPS) is 15.3. The molecular weight excluding hydrogens is 334 g/mol. The SMILES string of the molecule is CC(NC(=O)C1CC1)c1nc2ccccc2n1Cc1ccc(Cl)cc1. The number of benzene rings is 2. The van der Waals surface area contributed by atoms with E-state index in [4.69, 9.17) is 16.6 Å². The van der Waals surface area contributed by atoms with E-state index in [-0.39, 0.29) is 17.9 Å². The van der Waals surface area contributed by atoms with E-state index in [1.54, 1.807) is 0 Å². The standard InChI is InChI=1S/C20H20ClN3O/c1-13(22-20(25)15-8-9-15)19-23-17-4-2-3-5-18(17)24(19)12-14-6-10-16(21)11-7-14/h2-7,10-11,13,15H,8-9,12H2,1H3,(H,22,25). The van der Waals surface area contributed by atoms with Gasteiger partial charge in [0.25, 0.3) is 0 Å². The van der Waals surface area contributed by atoms with Crippen molar-refractivity contribution >= 4 is 28.5 Å². The third-order valence-corrected chi connectivity index (χ3v) is 4.88. The van der Waals surface area contributed by atoms with Crippen LogP contribution in [-0.2, 0) is 11.3 Å². The topological polar surface area (TPSA) is 46.9 Å². The summed E-state index contributed by atoms with van der Waals surface area (Å²) in [6.45, 7) is 2.69. The fourth-order valence-electron chi connectivity index (χ4n) is 3.10. The molecule has 2 aromatic carbocycles. The zero-order valence-electron chi connectivity index (χ0n) is 14.1. The van der Waals surface area contributed by atoms with Gasteiger partial charge in [0.15, 0.2) is 0 Å². The number of nitrogens with one attached hydrogen (secondary N) is 1. The molecule has 0 radical (unpaired) electrons. The molecule has 0 spiro atoms. The highest BCUT2D eigenvalue weighted by Gasteiger charge is 2.31. The average molecular weight is 354 g/mol. The number of halogens is 1. The molecule has 1 N–H and O–H groups in total. The van der Waals surface area contributed by atoms with Gasteiger partial charge >= 0.3 is 0 Å². The van der Waals surface area contributed by atoms with Crippen LogP contribution in [0.15, 0.2) is 48.5 Å². The molecule has 1 saturated carbocycles. The van der Waals surface area contributed by atoms with Gasteiger partial charge in [0.2, 0.25) is 5.91 Å². The summed E-state index contributed by atoms with van der Waals surface area (Å²) in [5.41, 5.74) is 3.16. The van der Waals surface area contributed by atoms with E-state index in [2.05, 4.69) is 16.0 Å². The number of hydrogen-bond donors (Lipinski definition) is 1. The van der Waals surface area contributed by atoms with Crippen LogP contribution in [0.4, 0.5) is 0 Å². The molecule has 5 heteroatoms. The first-order valence-corrected chi connectivity index (χ1v) is 8.99. The summed E-state index contributed by atoms with van der Waals surface area (Å²) < 4.78 is 2.18. The van der Waals surface area contributed by atoms with Crippen LogP contribution in [0.2, 0.25) is 5.02 Å². The highest BCUT2D eigenvalue weighted by atomic mass is 35.5. The monoisotopic (exact) mass is 353 g/mol. The van der Waals surface area contributed by atoms with Crippen molar-refractivity contribution < 1.29 is 4.79 Å². The lowest BCUT2D eigenvalue weighted by Crippen LogP contribution is -2.29. The fraction of sp³-hybridized carbons (Fsp3) is 0.300. The lowest BCUT2D eigenvalue weighted by atomic mass is 10.2. The fourth-order valence-corrected chi connectivity index (χ4v) is 3.23. The van der Waals surface area contributed by atoms with Crippen LogP contribution < -0.4 is 5.32 Å². The highest BCUT2D eigenvalue weighted by molar-refractivity contribution is 6.30. The molecule has 1 amide bonds. The molecule has 128 valence electrons. The number of para-hydroxylation sites is 2. The van der Waals surface area contributed by atoms with E-state index in [0.29, 0.717) is 6.54 Å². The summed E-state index contributed by atoms with van der Waals surface area (Å²) >= 11 is 6.00. The summed E-state index contributed by atoms with van der Waals surface area (Å²) in [4.78, 5) is 16.9. The molecule has 1 aliphatic carbocycles. The molecule has 0 saturated heterocycles. The molecule has 4 nitrogen and oxygen atoms in total. The van der Waals surface area contributed by atoms with E-state index in [9.17, 15) is 4.79 Å². The molecular formula is C20H20ClN3O. The van der Waals surface area contributed by atoms with Crippen LogP contribution in [-0.4, -0.2) is 15.5 Å². The second kappa shape index (κ2) is 6.52. The van der Waals surface area contributed by atoms with Crippen molar-refractivity contribution in [2.45, 2.75) is 32.4 Å². The Morgan fingerprint density at radius 3 is 2.68 bits per heavy atom. The minimum atomic E-state index is -0.132. The van der Waals surface area contributed by atoms with Crippen LogP contribution >= 0.6 is 11.6 Å². The van der Waals surface area contributed by atoms with Gasteiger partial charge < -0.3 is 9.88 Å². The molecule has 0 aliphatic heterocycles. The first-order valence-electron chi connectivity index (χ1n) is 8.62. The van der Waals surface area contributed by atoms with Gasteiger partial charge in [-0.05, 0) is 49.6 Å². The Morgan fingerprint density at radius 2 is 1.96 bits per heavy atom. The molecule has 1 aromatic heterocycles. The number of carbonyl (C=O) groups is 1. The third kappa shape index (κ3) is 3.40. The van der Waals surface area contributed by atoms with Gasteiger partial charge in [-0.15, -0.1) is 0 Å². The van der Waals surface area contributed by atoms with Crippen molar-refractivity contribution in [3.63, 3.8) is 0 Å². The molecule has 1 unspecified atom stereocenters. The van der Waals surface area contributed by atoms with Gasteiger partial charge in [0.05, 0.1) is 17.1 Å². The Balaban J connectivity index is 1.69. The Labute approximate surface area is 151 Å². The van der Waals surface area contributed by atoms with Gasteiger partial charge in [-0.2, -0.15) is 0 Å². The van der Waals surface area contributed by atoms with Crippen LogP contribution in [0.3, 0.4) is 0 Å². The molecule has 1 aliphatic rings. The Kier molecular flexibility index (Phi) is 4.22. The first kappa shape index (κ1) is 16.2. The van der Waals surface area contributed by atoms with Crippen LogP contribution in [0, 0.1) is 5.92 Å². The Hall–Kier alpha value is -2.33. The number of aromatic nitrogens is 2. The summed E-state index contributed by atoms with van der Waals surface area (Å²) in [7, 11) is 0. The Bertz CT molecular complexity index is 912. The number of rotatable bonds is 5. The van der Waals surface area contributed by atoms with Crippen LogP contribution in [0.5, 0.6) is 0 Å². The van der Waals surface area contributed by atoms with Crippen molar-refractivity contribution in [3.05, 3.63) is 64.9 Å². The molecule has 1 fully saturated rings. The number of fused-ring (bicyclic) bond motifs is 1. The summed E-state index contributed by atoms with van der Waals surface area (Å²) in [6, 6.07) is 15.8. The lowest BCUT2D eigenvalue weighted by Gasteiger charge is -2.16. The summed E-state index contributed by atoms with van der Waals surface area (Å²) in [5, 5.41) is 3.84. The molecule has 3 aromatic rings. The highest BCUT2D eigenvalue weighted by Crippen LogP contribution is 2.30. The predicted octanol–water partition coefficient (Wildman–Crippen LogP) is 4.33. The third-order valence-electron chi connectivity index (χ3n) is 4.63. The number of amides is 1. The largest absolute Gasteiger partial charge is 0.346 e. The quantitative estimate of drug-likeness (QED) is 0.742. The maximum absolute atomic E-state index is 12.1. The van der Waals surface area contributed by atoms with Crippen LogP contribution in [0.25, 0.3) is 11.0 Å². The van der Waals surface area contributed by atoms with Crippen molar-refractivity contribution in [2.75, 3.05) is 0 Å². The van der Waals surface area contributed by atoms with Gasteiger partial charge in [0, 0.05) is 17.5 Å². The van der Waals surface area contributed by atoms with Crippen molar-refractivity contribution in [3.8, 4) is 0 Å². The van der Waals surface area contributed by atoms with Crippen molar-refractivity contribution in [1.29, 1.82) is 0 Å². The molecule has 1 atom stereocenters. The smallest absolute Gasteiger partial charge is 0.223 e. The molecule has 4 rings (SSSR count). The molecule has 25 heavy (non-hydrogen) atoms. The summed E-state index contributed by atoms with van der Waals surface area (Å²) in [6.07, 6.45) is 2.00. The minimum absolute atomic E-state index is 0.132. The Morgan fingerprint density at radius 1 is 1.24 bits per heavy atom. The van der Waals surface area contributed by atoms with E-state index < -0.39 is 0 Å². The average Bonchev–Trinajstić information content (AvgIpc) is 3.40. The van der Waals surface area contributed by atoms with E-state index in [1.165, 1.54) is 0 Å². The van der Waals surface area contributed by atoms with Gasteiger partial charge in [-0.3, -0.25) is 4.79 Å². The molecule has 1 heterocycles. The number of imidazole rings is 1. The molecule has 0 bridgehead atoms. The maximum Gasteiger partial charge on any atom is 0.223 e. The van der Waals surface area contributed by atoms with Crippen LogP contribution in [0.1, 0.15) is 37.2 Å². The number of nitrogens with zero attached hydrogens (tertiary/aromatic N) is 2. The van der Waals surface area contributed by atoms with Crippen molar-refractivity contribution in [2.24, 2.45) is 5.92 Å². The van der Waals surface area contributed by atoms with Crippen molar-refractivity contribution in [1.82, 2.24) is 14.9 Å². The lowest BCUT2D eigenvalue weighted by molar-refractivity contribution is -0.123.